The maximum Gasteiger partial charge on any atom is 0.337 e. The van der Waals surface area contributed by atoms with Gasteiger partial charge in [0, 0.05) is 0 Å². The number of hydrogen-bond acceptors (Lipinski definition) is 2. The van der Waals surface area contributed by atoms with Crippen molar-refractivity contribution >= 4 is 27.4 Å². The van der Waals surface area contributed by atoms with Crippen LogP contribution in [0.15, 0.2) is 11.6 Å². The second-order valence-electron chi connectivity index (χ2n) is 2.83. The van der Waals surface area contributed by atoms with E-state index in [0.29, 0.717) is 0 Å². The lowest BCUT2D eigenvalue weighted by atomic mass is 10.3. The first kappa shape index (κ1) is 9.21. The van der Waals surface area contributed by atoms with Gasteiger partial charge in [0.05, 0.1) is 31.5 Å². The molecule has 0 amide bonds. The van der Waals surface area contributed by atoms with Gasteiger partial charge in [-0.3, -0.25) is 0 Å². The lowest BCUT2D eigenvalue weighted by Crippen LogP contribution is -2.05. The zero-order chi connectivity index (χ0) is 8.48. The predicted octanol–water partition coefficient (Wildman–Crippen LogP) is 2.06. The zero-order valence-electron chi connectivity index (χ0n) is 6.63. The Balaban J connectivity index is 2.60. The summed E-state index contributed by atoms with van der Waals surface area (Å²) in [5.41, 5.74) is 0.834. The minimum absolute atomic E-state index is 0.173. The number of esters is 1. The number of halogens is 1. The van der Waals surface area contributed by atoms with Crippen molar-refractivity contribution in [2.45, 2.75) is 0 Å². The van der Waals surface area contributed by atoms with Crippen LogP contribution < -0.4 is 0 Å². The van der Waals surface area contributed by atoms with Crippen molar-refractivity contribution in [3.05, 3.63) is 11.6 Å². The van der Waals surface area contributed by atoms with Crippen LogP contribution in [-0.2, 0) is 9.53 Å². The molecule has 0 fully saturated rings. The molecule has 0 saturated heterocycles. The Morgan fingerprint density at radius 3 is 2.82 bits per heavy atom. The van der Waals surface area contributed by atoms with Gasteiger partial charge in [-0.2, -0.15) is 0 Å². The lowest BCUT2D eigenvalue weighted by Gasteiger charge is -2.04. The molecule has 0 N–H and O–H groups in total. The molecule has 0 spiro atoms. The molecule has 0 aromatic rings. The Hall–Kier alpha value is 0.120. The van der Waals surface area contributed by atoms with Gasteiger partial charge in [0.25, 0.3) is 0 Å². The summed E-state index contributed by atoms with van der Waals surface area (Å²) >= 11 is 3.63. The summed E-state index contributed by atoms with van der Waals surface area (Å²) in [4.78, 5) is 11.0. The quantitative estimate of drug-likeness (QED) is 0.516. The van der Waals surface area contributed by atoms with E-state index in [0.717, 1.165) is 17.9 Å². The van der Waals surface area contributed by atoms with E-state index >= 15 is 0 Å². The molecule has 2 nitrogen and oxygen atoms in total. The van der Waals surface area contributed by atoms with Crippen molar-refractivity contribution in [3.63, 3.8) is 0 Å². The van der Waals surface area contributed by atoms with Crippen LogP contribution in [0.1, 0.15) is 0 Å². The molecule has 1 atom stereocenters. The number of allylic oxidation sites excluding steroid dienone is 1. The van der Waals surface area contributed by atoms with Gasteiger partial charge in [0.1, 0.15) is 21.7 Å². The summed E-state index contributed by atoms with van der Waals surface area (Å²) < 4.78 is 4.62. The van der Waals surface area contributed by atoms with Crippen molar-refractivity contribution in [2.24, 2.45) is 0 Å². The molecule has 1 heterocycles. The van der Waals surface area contributed by atoms with Gasteiger partial charge >= 0.3 is 5.97 Å². The van der Waals surface area contributed by atoms with Gasteiger partial charge in [-0.05, 0) is 6.08 Å². The summed E-state index contributed by atoms with van der Waals surface area (Å²) in [5, 5.41) is 0. The number of carbonyl (C=O) groups excluding carboxylic acids is 1. The Morgan fingerprint density at radius 1 is 1.82 bits per heavy atom. The topological polar surface area (TPSA) is 26.3 Å². The highest BCUT2D eigenvalue weighted by Crippen LogP contribution is 2.66. The molecular formula is C7H11BrO2P+. The predicted molar refractivity (Wildman–Crippen MR) is 51.6 cm³/mol. The van der Waals surface area contributed by atoms with Gasteiger partial charge in [0.2, 0.25) is 0 Å². The van der Waals surface area contributed by atoms with Crippen LogP contribution >= 0.6 is 21.5 Å². The summed E-state index contributed by atoms with van der Waals surface area (Å²) in [7, 11) is 1.42. The molecule has 1 unspecified atom stereocenters. The minimum Gasteiger partial charge on any atom is -0.466 e. The molecule has 11 heavy (non-hydrogen) atoms. The third-order valence-electron chi connectivity index (χ3n) is 1.67. The van der Waals surface area contributed by atoms with Crippen molar-refractivity contribution < 1.29 is 9.53 Å². The smallest absolute Gasteiger partial charge is 0.337 e. The monoisotopic (exact) mass is 237 g/mol. The van der Waals surface area contributed by atoms with Crippen LogP contribution in [0.5, 0.6) is 0 Å². The number of ether oxygens (including phenoxy) is 1. The van der Waals surface area contributed by atoms with Crippen molar-refractivity contribution in [3.8, 4) is 0 Å². The minimum atomic E-state index is -0.997. The van der Waals surface area contributed by atoms with E-state index in [1.807, 2.05) is 6.08 Å². The first-order chi connectivity index (χ1) is 5.05. The third kappa shape index (κ3) is 2.28. The van der Waals surface area contributed by atoms with E-state index in [1.54, 1.807) is 0 Å². The van der Waals surface area contributed by atoms with E-state index in [1.165, 1.54) is 7.11 Å². The second kappa shape index (κ2) is 3.24. The molecule has 0 aromatic carbocycles. The van der Waals surface area contributed by atoms with Crippen LogP contribution in [0, 0.1) is 0 Å². The molecule has 1 aliphatic rings. The molecule has 4 heteroatoms. The fourth-order valence-electron chi connectivity index (χ4n) is 1.06. The van der Waals surface area contributed by atoms with E-state index in [2.05, 4.69) is 26.9 Å². The van der Waals surface area contributed by atoms with Crippen LogP contribution in [0.2, 0.25) is 0 Å². The van der Waals surface area contributed by atoms with Crippen LogP contribution in [0.3, 0.4) is 0 Å². The zero-order valence-corrected chi connectivity index (χ0v) is 9.11. The Morgan fingerprint density at radius 2 is 2.45 bits per heavy atom. The average Bonchev–Trinajstić information content (AvgIpc) is 2.29. The maximum atomic E-state index is 11.0. The highest BCUT2D eigenvalue weighted by molar-refractivity contribution is 9.42. The largest absolute Gasteiger partial charge is 0.466 e. The lowest BCUT2D eigenvalue weighted by molar-refractivity contribution is -0.135. The molecular weight excluding hydrogens is 227 g/mol. The van der Waals surface area contributed by atoms with Gasteiger partial charge in [-0.15, -0.1) is 0 Å². The third-order valence-corrected chi connectivity index (χ3v) is 5.23. The van der Waals surface area contributed by atoms with Crippen LogP contribution in [-0.4, -0.2) is 32.1 Å². The van der Waals surface area contributed by atoms with Crippen molar-refractivity contribution in [1.29, 1.82) is 0 Å². The number of rotatable bonds is 1. The molecule has 0 radical (unpaired) electrons. The highest BCUT2D eigenvalue weighted by Gasteiger charge is 2.37. The summed E-state index contributed by atoms with van der Waals surface area (Å²) in [5.74, 6) is -1.17. The Labute approximate surface area is 75.1 Å². The van der Waals surface area contributed by atoms with Crippen LogP contribution in [0.25, 0.3) is 0 Å². The molecule has 0 bridgehead atoms. The molecule has 1 rings (SSSR count). The second-order valence-corrected chi connectivity index (χ2v) is 11.2. The van der Waals surface area contributed by atoms with E-state index < -0.39 is 5.96 Å². The Kier molecular flexibility index (Phi) is 2.71. The molecule has 1 aliphatic heterocycles. The van der Waals surface area contributed by atoms with Gasteiger partial charge in [-0.25, -0.2) is 4.79 Å². The number of methoxy groups -OCH3 is 1. The first-order valence-electron chi connectivity index (χ1n) is 3.37. The van der Waals surface area contributed by atoms with Gasteiger partial charge < -0.3 is 4.74 Å². The fourth-order valence-corrected chi connectivity index (χ4v) is 4.01. The van der Waals surface area contributed by atoms with Gasteiger partial charge in [0.15, 0.2) is 0 Å². The van der Waals surface area contributed by atoms with E-state index in [9.17, 15) is 4.79 Å². The SMILES string of the molecule is COC(=O)C1=CC[P+](C)(Br)C1. The fraction of sp³-hybridized carbons (Fsp3) is 0.571. The maximum absolute atomic E-state index is 11.0. The van der Waals surface area contributed by atoms with E-state index in [4.69, 9.17) is 0 Å². The standard InChI is InChI=1S/C7H11BrO2P/c1-10-7(9)6-3-4-11(2,8)5-6/h3H,4-5H2,1-2H3/q+1. The highest BCUT2D eigenvalue weighted by atomic mass is 79.9. The number of carbonyl (C=O) groups is 1. The molecule has 62 valence electrons. The van der Waals surface area contributed by atoms with Crippen molar-refractivity contribution in [1.82, 2.24) is 0 Å². The molecule has 0 aromatic heterocycles. The van der Waals surface area contributed by atoms with Crippen LogP contribution in [0.4, 0.5) is 0 Å². The molecule has 0 saturated carbocycles. The summed E-state index contributed by atoms with van der Waals surface area (Å²) in [6.45, 7) is 2.18. The summed E-state index contributed by atoms with van der Waals surface area (Å²) in [6.07, 6.45) is 3.87. The van der Waals surface area contributed by atoms with Gasteiger partial charge in [-0.1, -0.05) is 0 Å². The first-order valence-corrected chi connectivity index (χ1v) is 7.99. The van der Waals surface area contributed by atoms with E-state index in [-0.39, 0.29) is 5.97 Å². The average molecular weight is 238 g/mol. The summed E-state index contributed by atoms with van der Waals surface area (Å²) in [6, 6.07) is 0. The normalized spacial score (nSPS) is 29.9. The number of hydrogen-bond donors (Lipinski definition) is 0. The Bertz CT molecular complexity index is 210. The van der Waals surface area contributed by atoms with Crippen molar-refractivity contribution in [2.75, 3.05) is 26.1 Å². The molecule has 0 aliphatic carbocycles.